The van der Waals surface area contributed by atoms with Crippen LogP contribution in [0.3, 0.4) is 0 Å². The maximum absolute atomic E-state index is 13.4. The predicted octanol–water partition coefficient (Wildman–Crippen LogP) is 19.1. The molecule has 0 aliphatic carbocycles. The highest BCUT2D eigenvalue weighted by atomic mass is 16.7. The van der Waals surface area contributed by atoms with Crippen LogP contribution in [-0.2, 0) is 23.7 Å². The topological polar surface area (TPSA) is 228 Å². The van der Waals surface area contributed by atoms with Crippen molar-refractivity contribution in [1.29, 1.82) is 0 Å². The van der Waals surface area contributed by atoms with Gasteiger partial charge < -0.3 is 65.1 Å². The molecular weight excluding hydrogens is 1230 g/mol. The molecule has 12 unspecified atom stereocenters. The normalized spacial score (nSPS) is 22.3. The Labute approximate surface area is 600 Å². The van der Waals surface area contributed by atoms with Gasteiger partial charge in [-0.15, -0.1) is 0 Å². The van der Waals surface area contributed by atoms with Crippen LogP contribution >= 0.6 is 0 Å². The molecule has 1 amide bonds. The van der Waals surface area contributed by atoms with Gasteiger partial charge in [0, 0.05) is 6.42 Å². The molecule has 0 aromatic heterocycles. The summed E-state index contributed by atoms with van der Waals surface area (Å²) >= 11 is 0. The van der Waals surface area contributed by atoms with Crippen molar-refractivity contribution in [3.05, 3.63) is 60.8 Å². The van der Waals surface area contributed by atoms with Crippen LogP contribution in [-0.4, -0.2) is 140 Å². The number of carbonyl (C=O) groups is 1. The molecule has 98 heavy (non-hydrogen) atoms. The smallest absolute Gasteiger partial charge is 0.220 e. The average Bonchev–Trinajstić information content (AvgIpc) is 0.793. The van der Waals surface area contributed by atoms with Gasteiger partial charge in [0.2, 0.25) is 5.91 Å². The second kappa shape index (κ2) is 67.8. The van der Waals surface area contributed by atoms with Crippen LogP contribution < -0.4 is 5.32 Å². The Kier molecular flexibility index (Phi) is 63.5. The average molecular weight is 1390 g/mol. The quantitative estimate of drug-likeness (QED) is 0.0204. The number of aliphatic hydroxyl groups excluding tert-OH is 8. The summed E-state index contributed by atoms with van der Waals surface area (Å²) in [5.74, 6) is -0.202. The lowest BCUT2D eigenvalue weighted by atomic mass is 9.97. The number of rotatable bonds is 70. The molecule has 0 aromatic carbocycles. The van der Waals surface area contributed by atoms with Crippen molar-refractivity contribution in [2.45, 2.75) is 447 Å². The Balaban J connectivity index is 1.59. The van der Waals surface area contributed by atoms with Crippen molar-refractivity contribution in [1.82, 2.24) is 5.32 Å². The largest absolute Gasteiger partial charge is 0.394 e. The van der Waals surface area contributed by atoms with E-state index in [0.29, 0.717) is 12.8 Å². The second-order valence-electron chi connectivity index (χ2n) is 29.2. The molecule has 2 fully saturated rings. The van der Waals surface area contributed by atoms with Gasteiger partial charge in [-0.2, -0.15) is 0 Å². The Bertz CT molecular complexity index is 1880. The number of hydrogen-bond acceptors (Lipinski definition) is 13. The number of allylic oxidation sites excluding steroid dienone is 10. The summed E-state index contributed by atoms with van der Waals surface area (Å²) in [7, 11) is 0. The van der Waals surface area contributed by atoms with Crippen molar-refractivity contribution in [3.63, 3.8) is 0 Å². The number of ether oxygens (including phenoxy) is 4. The number of nitrogens with one attached hydrogen (secondary N) is 1. The van der Waals surface area contributed by atoms with E-state index in [9.17, 15) is 45.6 Å². The molecule has 0 spiro atoms. The van der Waals surface area contributed by atoms with Gasteiger partial charge in [-0.05, 0) is 57.8 Å². The minimum Gasteiger partial charge on any atom is -0.394 e. The molecule has 2 rings (SSSR count). The van der Waals surface area contributed by atoms with E-state index in [1.54, 1.807) is 0 Å². The number of hydrogen-bond donors (Lipinski definition) is 9. The Morgan fingerprint density at radius 2 is 0.704 bits per heavy atom. The first-order valence-corrected chi connectivity index (χ1v) is 41.5. The van der Waals surface area contributed by atoms with E-state index >= 15 is 0 Å². The molecule has 14 nitrogen and oxygen atoms in total. The summed E-state index contributed by atoms with van der Waals surface area (Å²) in [5.41, 5.74) is 0. The minimum absolute atomic E-state index is 0.202. The summed E-state index contributed by atoms with van der Waals surface area (Å²) < 4.78 is 23.0. The highest BCUT2D eigenvalue weighted by molar-refractivity contribution is 5.76. The lowest BCUT2D eigenvalue weighted by molar-refractivity contribution is -0.359. The monoisotopic (exact) mass is 1390 g/mol. The fraction of sp³-hybridized carbons (Fsp3) is 0.869. The molecule has 12 atom stereocenters. The fourth-order valence-electron chi connectivity index (χ4n) is 13.7. The molecule has 2 heterocycles. The zero-order valence-corrected chi connectivity index (χ0v) is 63.0. The van der Waals surface area contributed by atoms with E-state index in [4.69, 9.17) is 18.9 Å². The summed E-state index contributed by atoms with van der Waals surface area (Å²) in [6.07, 6.45) is 75.5. The van der Waals surface area contributed by atoms with Crippen molar-refractivity contribution >= 4 is 5.91 Å². The first-order valence-electron chi connectivity index (χ1n) is 41.5. The molecule has 574 valence electrons. The number of unbranched alkanes of at least 4 members (excludes halogenated alkanes) is 47. The zero-order valence-electron chi connectivity index (χ0n) is 63.0. The Hall–Kier alpha value is -2.31. The van der Waals surface area contributed by atoms with Gasteiger partial charge in [0.15, 0.2) is 12.6 Å². The Morgan fingerprint density at radius 1 is 0.378 bits per heavy atom. The molecule has 0 aromatic rings. The summed E-state index contributed by atoms with van der Waals surface area (Å²) in [6.45, 7) is 2.81. The third-order valence-corrected chi connectivity index (χ3v) is 20.2. The van der Waals surface area contributed by atoms with E-state index in [0.717, 1.165) is 83.5 Å². The number of carbonyl (C=O) groups excluding carboxylic acids is 1. The van der Waals surface area contributed by atoms with E-state index in [1.165, 1.54) is 263 Å². The van der Waals surface area contributed by atoms with Gasteiger partial charge in [0.05, 0.1) is 32.0 Å². The summed E-state index contributed by atoms with van der Waals surface area (Å²) in [4.78, 5) is 13.4. The lowest BCUT2D eigenvalue weighted by Gasteiger charge is -2.46. The SMILES string of the molecule is CC/C=C\C/C=C\C/C=C\C/C=C\C/C=C\CCCCCCCCCCCCCCCCCC(=O)NC(COC1OC(CO)C(OC2OC(CO)C(O)C(O)C2O)C(O)C1O)C(O)CCCCCCCCCCCCCCCCCCCCCCCCCCCCCCCCCCC. The van der Waals surface area contributed by atoms with E-state index in [-0.39, 0.29) is 12.5 Å². The van der Waals surface area contributed by atoms with Gasteiger partial charge in [0.25, 0.3) is 0 Å². The van der Waals surface area contributed by atoms with Crippen LogP contribution in [0.15, 0.2) is 60.8 Å². The molecule has 0 saturated carbocycles. The molecule has 2 saturated heterocycles. The van der Waals surface area contributed by atoms with Crippen LogP contribution in [0.5, 0.6) is 0 Å². The Morgan fingerprint density at radius 3 is 1.08 bits per heavy atom. The fourth-order valence-corrected chi connectivity index (χ4v) is 13.7. The summed E-state index contributed by atoms with van der Waals surface area (Å²) in [6, 6.07) is -0.833. The highest BCUT2D eigenvalue weighted by Crippen LogP contribution is 2.30. The van der Waals surface area contributed by atoms with Crippen LogP contribution in [0, 0.1) is 0 Å². The second-order valence-corrected chi connectivity index (χ2v) is 29.2. The standard InChI is InChI=1S/C84H155NO13/c1-3-5-7-9-11-13-15-17-19-21-23-25-27-29-31-33-35-36-38-39-41-43-45-47-49-51-53-55-57-59-61-63-65-67-73(88)72(71-95-83-81(94)79(92)82(75(70-87)97-83)98-84-80(93)78(91)77(90)74(69-86)96-84)85-76(89)68-66-64-62-60-58-56-54-52-50-48-46-44-42-40-37-34-32-30-28-26-24-22-20-18-16-14-12-10-8-6-4-2/h6,8,12,14,18,20,24,26,30,32,72-75,77-84,86-88,90-94H,3-5,7,9-11,13,15-17,19,21-23,25,27-29,31,33-71H2,1-2H3,(H,85,89)/b8-6-,14-12-,20-18-,26-24-,32-30-. The summed E-state index contributed by atoms with van der Waals surface area (Å²) in [5, 5.41) is 87.9. The van der Waals surface area contributed by atoms with Crippen LogP contribution in [0.25, 0.3) is 0 Å². The van der Waals surface area contributed by atoms with E-state index < -0.39 is 86.8 Å². The molecule has 2 aliphatic heterocycles. The first-order chi connectivity index (χ1) is 48.1. The van der Waals surface area contributed by atoms with Gasteiger partial charge in [-0.3, -0.25) is 4.79 Å². The van der Waals surface area contributed by atoms with Crippen molar-refractivity contribution < 1.29 is 64.6 Å². The van der Waals surface area contributed by atoms with Crippen LogP contribution in [0.4, 0.5) is 0 Å². The van der Waals surface area contributed by atoms with E-state index in [2.05, 4.69) is 79.9 Å². The lowest BCUT2D eigenvalue weighted by Crippen LogP contribution is -2.65. The van der Waals surface area contributed by atoms with Crippen molar-refractivity contribution in [2.75, 3.05) is 19.8 Å². The molecule has 0 bridgehead atoms. The highest BCUT2D eigenvalue weighted by Gasteiger charge is 2.51. The van der Waals surface area contributed by atoms with Gasteiger partial charge in [0.1, 0.15) is 48.8 Å². The molecule has 2 aliphatic rings. The molecule has 9 N–H and O–H groups in total. The van der Waals surface area contributed by atoms with Gasteiger partial charge in [-0.25, -0.2) is 0 Å². The third-order valence-electron chi connectivity index (χ3n) is 20.2. The number of amides is 1. The van der Waals surface area contributed by atoms with E-state index in [1.807, 2.05) is 0 Å². The zero-order chi connectivity index (χ0) is 70.8. The molecule has 0 radical (unpaired) electrons. The van der Waals surface area contributed by atoms with Crippen molar-refractivity contribution in [3.8, 4) is 0 Å². The number of aliphatic hydroxyl groups is 8. The first kappa shape index (κ1) is 91.8. The molecule has 14 heteroatoms. The maximum Gasteiger partial charge on any atom is 0.220 e. The maximum atomic E-state index is 13.4. The molecular formula is C84H155NO13. The van der Waals surface area contributed by atoms with Crippen LogP contribution in [0.2, 0.25) is 0 Å². The predicted molar refractivity (Wildman–Crippen MR) is 406 cm³/mol. The minimum atomic E-state index is -1.78. The third kappa shape index (κ3) is 50.2. The van der Waals surface area contributed by atoms with Crippen molar-refractivity contribution in [2.24, 2.45) is 0 Å². The van der Waals surface area contributed by atoms with Gasteiger partial charge >= 0.3 is 0 Å². The van der Waals surface area contributed by atoms with Gasteiger partial charge in [-0.1, -0.05) is 370 Å². The van der Waals surface area contributed by atoms with Crippen LogP contribution in [0.1, 0.15) is 373 Å².